The largest absolute Gasteiger partial charge is 0.434 e. The standard InChI is InChI=1S/C20H13ClN4O4/c1-11-13(20-24-18-17(29-20)6-3-9-22-18)4-2-5-15(11)23-19(26)12-7-8-14(21)16(10-12)25(27)28/h2-10H,1H3,(H,23,26). The lowest BCUT2D eigenvalue weighted by atomic mass is 10.1. The van der Waals surface area contributed by atoms with E-state index in [0.29, 0.717) is 28.4 Å². The maximum absolute atomic E-state index is 12.6. The van der Waals surface area contributed by atoms with Gasteiger partial charge in [0, 0.05) is 29.1 Å². The summed E-state index contributed by atoms with van der Waals surface area (Å²) in [5, 5.41) is 13.8. The Hall–Kier alpha value is -3.78. The second-order valence-electron chi connectivity index (χ2n) is 6.20. The van der Waals surface area contributed by atoms with E-state index < -0.39 is 10.8 Å². The minimum Gasteiger partial charge on any atom is -0.434 e. The Morgan fingerprint density at radius 2 is 2.03 bits per heavy atom. The first-order valence-corrected chi connectivity index (χ1v) is 8.88. The molecule has 29 heavy (non-hydrogen) atoms. The van der Waals surface area contributed by atoms with Crippen LogP contribution in [0.1, 0.15) is 15.9 Å². The first-order valence-electron chi connectivity index (χ1n) is 8.51. The van der Waals surface area contributed by atoms with Crippen LogP contribution in [0, 0.1) is 17.0 Å². The summed E-state index contributed by atoms with van der Waals surface area (Å²) in [6, 6.07) is 12.7. The van der Waals surface area contributed by atoms with Crippen LogP contribution in [0.4, 0.5) is 11.4 Å². The van der Waals surface area contributed by atoms with Gasteiger partial charge in [-0.3, -0.25) is 14.9 Å². The number of aromatic nitrogens is 2. The number of nitro groups is 1. The summed E-state index contributed by atoms with van der Waals surface area (Å²) >= 11 is 5.81. The molecule has 2 aromatic carbocycles. The van der Waals surface area contributed by atoms with Crippen molar-refractivity contribution < 1.29 is 14.1 Å². The van der Waals surface area contributed by atoms with E-state index in [-0.39, 0.29) is 16.3 Å². The van der Waals surface area contributed by atoms with Gasteiger partial charge in [0.05, 0.1) is 4.92 Å². The maximum atomic E-state index is 12.6. The molecule has 2 aromatic heterocycles. The van der Waals surface area contributed by atoms with E-state index in [9.17, 15) is 14.9 Å². The van der Waals surface area contributed by atoms with Crippen LogP contribution < -0.4 is 5.32 Å². The number of rotatable bonds is 4. The normalized spacial score (nSPS) is 10.8. The second kappa shape index (κ2) is 7.33. The number of carbonyl (C=O) groups is 1. The van der Waals surface area contributed by atoms with Crippen molar-refractivity contribution in [2.45, 2.75) is 6.92 Å². The summed E-state index contributed by atoms with van der Waals surface area (Å²) in [4.78, 5) is 31.6. The van der Waals surface area contributed by atoms with Crippen molar-refractivity contribution in [3.05, 3.63) is 81.0 Å². The van der Waals surface area contributed by atoms with Gasteiger partial charge in [-0.25, -0.2) is 4.98 Å². The first-order chi connectivity index (χ1) is 13.9. The van der Waals surface area contributed by atoms with Crippen LogP contribution in [0.15, 0.2) is 59.1 Å². The Morgan fingerprint density at radius 1 is 1.21 bits per heavy atom. The SMILES string of the molecule is Cc1c(NC(=O)c2ccc(Cl)c([N+](=O)[O-])c2)cccc1-c1nc2ncccc2o1. The number of nitro benzene ring substituents is 1. The molecule has 0 saturated heterocycles. The molecule has 9 heteroatoms. The Bertz CT molecular complexity index is 1240. The number of halogens is 1. The number of amides is 1. The van der Waals surface area contributed by atoms with E-state index in [1.54, 1.807) is 30.5 Å². The molecule has 8 nitrogen and oxygen atoms in total. The van der Waals surface area contributed by atoms with E-state index in [0.717, 1.165) is 11.6 Å². The Kier molecular flexibility index (Phi) is 4.69. The van der Waals surface area contributed by atoms with Crippen molar-refractivity contribution in [1.29, 1.82) is 0 Å². The molecule has 0 spiro atoms. The molecule has 0 bridgehead atoms. The quantitative estimate of drug-likeness (QED) is 0.375. The third-order valence-electron chi connectivity index (χ3n) is 4.38. The van der Waals surface area contributed by atoms with Gasteiger partial charge in [-0.1, -0.05) is 17.7 Å². The van der Waals surface area contributed by atoms with Crippen molar-refractivity contribution >= 4 is 40.1 Å². The van der Waals surface area contributed by atoms with Crippen LogP contribution in [0.3, 0.4) is 0 Å². The average Bonchev–Trinajstić information content (AvgIpc) is 3.13. The highest BCUT2D eigenvalue weighted by atomic mass is 35.5. The summed E-state index contributed by atoms with van der Waals surface area (Å²) in [5.74, 6) is -0.112. The van der Waals surface area contributed by atoms with Crippen LogP contribution in [-0.2, 0) is 0 Å². The molecule has 4 rings (SSSR count). The fourth-order valence-electron chi connectivity index (χ4n) is 2.88. The molecule has 0 unspecified atom stereocenters. The molecule has 1 amide bonds. The highest BCUT2D eigenvalue weighted by molar-refractivity contribution is 6.32. The van der Waals surface area contributed by atoms with Crippen molar-refractivity contribution in [2.24, 2.45) is 0 Å². The van der Waals surface area contributed by atoms with Gasteiger partial charge in [0.2, 0.25) is 5.89 Å². The molecule has 0 aliphatic rings. The van der Waals surface area contributed by atoms with Gasteiger partial charge < -0.3 is 9.73 Å². The molecular weight excluding hydrogens is 396 g/mol. The number of fused-ring (bicyclic) bond motifs is 1. The topological polar surface area (TPSA) is 111 Å². The van der Waals surface area contributed by atoms with Crippen LogP contribution in [-0.4, -0.2) is 20.8 Å². The van der Waals surface area contributed by atoms with Crippen LogP contribution in [0.25, 0.3) is 22.7 Å². The number of hydrogen-bond acceptors (Lipinski definition) is 6. The van der Waals surface area contributed by atoms with Gasteiger partial charge in [-0.2, -0.15) is 4.98 Å². The van der Waals surface area contributed by atoms with Crippen molar-refractivity contribution in [1.82, 2.24) is 9.97 Å². The summed E-state index contributed by atoms with van der Waals surface area (Å²) in [7, 11) is 0. The van der Waals surface area contributed by atoms with Gasteiger partial charge >= 0.3 is 0 Å². The third kappa shape index (κ3) is 3.53. The third-order valence-corrected chi connectivity index (χ3v) is 4.70. The summed E-state index contributed by atoms with van der Waals surface area (Å²) in [6.45, 7) is 1.82. The number of nitrogens with one attached hydrogen (secondary N) is 1. The molecule has 0 saturated carbocycles. The highest BCUT2D eigenvalue weighted by Gasteiger charge is 2.18. The number of hydrogen-bond donors (Lipinski definition) is 1. The minimum atomic E-state index is -0.633. The Morgan fingerprint density at radius 3 is 2.79 bits per heavy atom. The van der Waals surface area contributed by atoms with Gasteiger partial charge in [0.1, 0.15) is 5.02 Å². The lowest BCUT2D eigenvalue weighted by Gasteiger charge is -2.11. The van der Waals surface area contributed by atoms with Gasteiger partial charge in [-0.05, 0) is 48.9 Å². The number of carbonyl (C=O) groups excluding carboxylic acids is 1. The molecule has 0 fully saturated rings. The molecule has 4 aromatic rings. The van der Waals surface area contributed by atoms with Crippen molar-refractivity contribution in [2.75, 3.05) is 5.32 Å². The predicted octanol–water partition coefficient (Wildman–Crippen LogP) is 5.01. The van der Waals surface area contributed by atoms with Crippen LogP contribution in [0.2, 0.25) is 5.02 Å². The molecule has 0 aliphatic carbocycles. The van der Waals surface area contributed by atoms with E-state index in [2.05, 4.69) is 15.3 Å². The highest BCUT2D eigenvalue weighted by Crippen LogP contribution is 2.31. The average molecular weight is 409 g/mol. The van der Waals surface area contributed by atoms with Crippen LogP contribution >= 0.6 is 11.6 Å². The van der Waals surface area contributed by atoms with Gasteiger partial charge in [0.15, 0.2) is 11.2 Å². The minimum absolute atomic E-state index is 0.0331. The maximum Gasteiger partial charge on any atom is 0.288 e. The number of pyridine rings is 1. The molecule has 0 aliphatic heterocycles. The fourth-order valence-corrected chi connectivity index (χ4v) is 3.06. The molecule has 0 radical (unpaired) electrons. The molecular formula is C20H13ClN4O4. The summed E-state index contributed by atoms with van der Waals surface area (Å²) in [6.07, 6.45) is 1.63. The lowest BCUT2D eigenvalue weighted by molar-refractivity contribution is -0.384. The lowest BCUT2D eigenvalue weighted by Crippen LogP contribution is -2.13. The molecule has 2 heterocycles. The zero-order valence-electron chi connectivity index (χ0n) is 15.0. The van der Waals surface area contributed by atoms with Crippen LogP contribution in [0.5, 0.6) is 0 Å². The number of anilines is 1. The van der Waals surface area contributed by atoms with Gasteiger partial charge in [-0.15, -0.1) is 0 Å². The fraction of sp³-hybridized carbons (Fsp3) is 0.0500. The predicted molar refractivity (Wildman–Crippen MR) is 108 cm³/mol. The monoisotopic (exact) mass is 408 g/mol. The molecule has 144 valence electrons. The zero-order valence-corrected chi connectivity index (χ0v) is 15.8. The number of nitrogens with zero attached hydrogens (tertiary/aromatic N) is 3. The van der Waals surface area contributed by atoms with E-state index in [1.165, 1.54) is 12.1 Å². The summed E-state index contributed by atoms with van der Waals surface area (Å²) < 4.78 is 5.76. The first kappa shape index (κ1) is 18.6. The molecule has 0 atom stereocenters. The van der Waals surface area contributed by atoms with Gasteiger partial charge in [0.25, 0.3) is 11.6 Å². The van der Waals surface area contributed by atoms with E-state index in [4.69, 9.17) is 16.0 Å². The number of oxazole rings is 1. The second-order valence-corrected chi connectivity index (χ2v) is 6.61. The van der Waals surface area contributed by atoms with E-state index in [1.807, 2.05) is 13.0 Å². The van der Waals surface area contributed by atoms with E-state index >= 15 is 0 Å². The summed E-state index contributed by atoms with van der Waals surface area (Å²) in [5.41, 5.74) is 2.80. The van der Waals surface area contributed by atoms with Crippen molar-refractivity contribution in [3.8, 4) is 11.5 Å². The smallest absolute Gasteiger partial charge is 0.288 e. The molecule has 1 N–H and O–H groups in total. The Balaban J connectivity index is 1.66. The number of benzene rings is 2. The Labute approximate surface area is 169 Å². The van der Waals surface area contributed by atoms with Crippen molar-refractivity contribution in [3.63, 3.8) is 0 Å². The zero-order chi connectivity index (χ0) is 20.5.